The van der Waals surface area contributed by atoms with Crippen molar-refractivity contribution in [3.05, 3.63) is 57.4 Å². The summed E-state index contributed by atoms with van der Waals surface area (Å²) in [5.74, 6) is -0.0105. The number of aromatic nitrogens is 3. The Bertz CT molecular complexity index is 917. The van der Waals surface area contributed by atoms with Crippen LogP contribution in [0.15, 0.2) is 34.8 Å². The van der Waals surface area contributed by atoms with Gasteiger partial charge in [-0.1, -0.05) is 22.0 Å². The number of carbonyl (C=O) groups excluding carboxylic acids is 1. The molecule has 3 aromatic rings. The van der Waals surface area contributed by atoms with E-state index in [1.807, 2.05) is 55.6 Å². The molecule has 0 aliphatic rings. The fraction of sp³-hybridized carbons (Fsp3) is 0.278. The number of hydrogen-bond donors (Lipinski definition) is 1. The predicted octanol–water partition coefficient (Wildman–Crippen LogP) is 3.99. The molecule has 0 aliphatic carbocycles. The van der Waals surface area contributed by atoms with Crippen LogP contribution in [-0.2, 0) is 11.2 Å². The van der Waals surface area contributed by atoms with Crippen molar-refractivity contribution >= 4 is 33.2 Å². The van der Waals surface area contributed by atoms with Crippen LogP contribution in [0.3, 0.4) is 0 Å². The molecule has 0 radical (unpaired) electrons. The molecule has 5 nitrogen and oxygen atoms in total. The third-order valence-corrected chi connectivity index (χ3v) is 4.49. The van der Waals surface area contributed by atoms with Crippen molar-refractivity contribution in [2.24, 2.45) is 0 Å². The zero-order valence-corrected chi connectivity index (χ0v) is 15.5. The summed E-state index contributed by atoms with van der Waals surface area (Å²) in [5, 5.41) is 7.39. The van der Waals surface area contributed by atoms with Crippen molar-refractivity contribution in [3.8, 4) is 0 Å². The van der Waals surface area contributed by atoms with Gasteiger partial charge in [0.1, 0.15) is 0 Å². The quantitative estimate of drug-likeness (QED) is 0.737. The van der Waals surface area contributed by atoms with Gasteiger partial charge in [-0.25, -0.2) is 9.50 Å². The molecule has 1 aromatic carbocycles. The van der Waals surface area contributed by atoms with E-state index in [0.717, 1.165) is 38.5 Å². The zero-order valence-electron chi connectivity index (χ0n) is 13.9. The molecule has 124 valence electrons. The number of hydrogen-bond acceptors (Lipinski definition) is 3. The van der Waals surface area contributed by atoms with Crippen molar-refractivity contribution in [1.29, 1.82) is 0 Å². The number of nitrogens with one attached hydrogen (secondary N) is 1. The van der Waals surface area contributed by atoms with Crippen LogP contribution in [0.1, 0.15) is 29.1 Å². The number of amides is 1. The van der Waals surface area contributed by atoms with Gasteiger partial charge in [0.05, 0.1) is 5.69 Å². The summed E-state index contributed by atoms with van der Waals surface area (Å²) in [5.41, 5.74) is 5.66. The minimum Gasteiger partial charge on any atom is -0.326 e. The number of halogens is 1. The Morgan fingerprint density at radius 2 is 2.04 bits per heavy atom. The van der Waals surface area contributed by atoms with Gasteiger partial charge in [0.15, 0.2) is 5.65 Å². The largest absolute Gasteiger partial charge is 0.326 e. The number of fused-ring (bicyclic) bond motifs is 1. The van der Waals surface area contributed by atoms with Crippen molar-refractivity contribution in [1.82, 2.24) is 14.6 Å². The SMILES string of the molecule is Cc1cc2nc(C)c(CCC(=O)Nc3cccc(Br)c3)c(C)n2n1. The molecule has 2 heterocycles. The van der Waals surface area contributed by atoms with Crippen molar-refractivity contribution in [2.45, 2.75) is 33.6 Å². The van der Waals surface area contributed by atoms with E-state index in [0.29, 0.717) is 12.8 Å². The second kappa shape index (κ2) is 6.73. The van der Waals surface area contributed by atoms with Crippen LogP contribution >= 0.6 is 15.9 Å². The minimum atomic E-state index is -0.0105. The van der Waals surface area contributed by atoms with E-state index in [1.54, 1.807) is 0 Å². The molecule has 1 amide bonds. The van der Waals surface area contributed by atoms with Gasteiger partial charge in [0, 0.05) is 34.0 Å². The Balaban J connectivity index is 1.74. The number of nitrogens with zero attached hydrogens (tertiary/aromatic N) is 3. The summed E-state index contributed by atoms with van der Waals surface area (Å²) in [4.78, 5) is 16.8. The number of carbonyl (C=O) groups is 1. The number of anilines is 1. The van der Waals surface area contributed by atoms with Gasteiger partial charge in [-0.15, -0.1) is 0 Å². The Kier molecular flexibility index (Phi) is 4.66. The van der Waals surface area contributed by atoms with Gasteiger partial charge in [-0.2, -0.15) is 5.10 Å². The Morgan fingerprint density at radius 3 is 2.79 bits per heavy atom. The van der Waals surface area contributed by atoms with Gasteiger partial charge in [0.25, 0.3) is 0 Å². The Labute approximate surface area is 149 Å². The third kappa shape index (κ3) is 3.48. The summed E-state index contributed by atoms with van der Waals surface area (Å²) >= 11 is 3.40. The highest BCUT2D eigenvalue weighted by Crippen LogP contribution is 2.18. The highest BCUT2D eigenvalue weighted by atomic mass is 79.9. The van der Waals surface area contributed by atoms with Crippen LogP contribution in [-0.4, -0.2) is 20.5 Å². The Hall–Kier alpha value is -2.21. The molecule has 0 aliphatic heterocycles. The van der Waals surface area contributed by atoms with Gasteiger partial charge in [-0.05, 0) is 51.0 Å². The molecule has 2 aromatic heterocycles. The second-order valence-corrected chi connectivity index (χ2v) is 6.79. The monoisotopic (exact) mass is 386 g/mol. The van der Waals surface area contributed by atoms with Crippen LogP contribution in [0, 0.1) is 20.8 Å². The average Bonchev–Trinajstić information content (AvgIpc) is 2.87. The molecule has 3 rings (SSSR count). The molecule has 24 heavy (non-hydrogen) atoms. The van der Waals surface area contributed by atoms with Crippen LogP contribution in [0.4, 0.5) is 5.69 Å². The minimum absolute atomic E-state index is 0.0105. The maximum atomic E-state index is 12.2. The van der Waals surface area contributed by atoms with Crippen molar-refractivity contribution < 1.29 is 4.79 Å². The van der Waals surface area contributed by atoms with Crippen LogP contribution in [0.5, 0.6) is 0 Å². The van der Waals surface area contributed by atoms with Crippen LogP contribution in [0.2, 0.25) is 0 Å². The summed E-state index contributed by atoms with van der Waals surface area (Å²) in [6.07, 6.45) is 1.04. The third-order valence-electron chi connectivity index (χ3n) is 4.00. The summed E-state index contributed by atoms with van der Waals surface area (Å²) in [7, 11) is 0. The molecule has 0 saturated heterocycles. The first-order chi connectivity index (χ1) is 11.4. The molecular weight excluding hydrogens is 368 g/mol. The van der Waals surface area contributed by atoms with E-state index in [1.165, 1.54) is 0 Å². The first kappa shape index (κ1) is 16.6. The lowest BCUT2D eigenvalue weighted by Gasteiger charge is -2.11. The van der Waals surface area contributed by atoms with E-state index in [9.17, 15) is 4.79 Å². The average molecular weight is 387 g/mol. The highest BCUT2D eigenvalue weighted by Gasteiger charge is 2.13. The lowest BCUT2D eigenvalue weighted by molar-refractivity contribution is -0.116. The lowest BCUT2D eigenvalue weighted by Crippen LogP contribution is -2.14. The maximum absolute atomic E-state index is 12.2. The number of aryl methyl sites for hydroxylation is 3. The van der Waals surface area contributed by atoms with Crippen LogP contribution < -0.4 is 5.32 Å². The smallest absolute Gasteiger partial charge is 0.224 e. The van der Waals surface area contributed by atoms with E-state index < -0.39 is 0 Å². The summed E-state index contributed by atoms with van der Waals surface area (Å²) < 4.78 is 2.79. The molecule has 0 bridgehead atoms. The summed E-state index contributed by atoms with van der Waals surface area (Å²) in [6, 6.07) is 9.54. The lowest BCUT2D eigenvalue weighted by atomic mass is 10.1. The van der Waals surface area contributed by atoms with E-state index in [2.05, 4.69) is 31.3 Å². The number of benzene rings is 1. The van der Waals surface area contributed by atoms with E-state index >= 15 is 0 Å². The Morgan fingerprint density at radius 1 is 1.25 bits per heavy atom. The summed E-state index contributed by atoms with van der Waals surface area (Å²) in [6.45, 7) is 5.96. The topological polar surface area (TPSA) is 59.3 Å². The zero-order chi connectivity index (χ0) is 17.3. The normalized spacial score (nSPS) is 11.0. The van der Waals surface area contributed by atoms with Gasteiger partial charge >= 0.3 is 0 Å². The molecule has 0 unspecified atom stereocenters. The van der Waals surface area contributed by atoms with Gasteiger partial charge in [-0.3, -0.25) is 4.79 Å². The molecule has 0 spiro atoms. The second-order valence-electron chi connectivity index (χ2n) is 5.88. The van der Waals surface area contributed by atoms with Gasteiger partial charge < -0.3 is 5.32 Å². The van der Waals surface area contributed by atoms with Crippen molar-refractivity contribution in [3.63, 3.8) is 0 Å². The fourth-order valence-corrected chi connectivity index (χ4v) is 3.23. The van der Waals surface area contributed by atoms with Gasteiger partial charge in [0.2, 0.25) is 5.91 Å². The highest BCUT2D eigenvalue weighted by molar-refractivity contribution is 9.10. The fourth-order valence-electron chi connectivity index (χ4n) is 2.83. The van der Waals surface area contributed by atoms with Crippen LogP contribution in [0.25, 0.3) is 5.65 Å². The predicted molar refractivity (Wildman–Crippen MR) is 98.3 cm³/mol. The molecule has 0 atom stereocenters. The first-order valence-electron chi connectivity index (χ1n) is 7.82. The van der Waals surface area contributed by atoms with Crippen molar-refractivity contribution in [2.75, 3.05) is 5.32 Å². The van der Waals surface area contributed by atoms with E-state index in [4.69, 9.17) is 0 Å². The molecule has 0 saturated carbocycles. The maximum Gasteiger partial charge on any atom is 0.224 e. The molecule has 1 N–H and O–H groups in total. The molecular formula is C18H19BrN4O. The molecule has 0 fully saturated rings. The molecule has 6 heteroatoms. The standard InChI is InChI=1S/C18H19BrN4O/c1-11-9-17-20-12(2)16(13(3)23(17)22-11)7-8-18(24)21-15-6-4-5-14(19)10-15/h4-6,9-10H,7-8H2,1-3H3,(H,21,24). The van der Waals surface area contributed by atoms with E-state index in [-0.39, 0.29) is 5.91 Å². The first-order valence-corrected chi connectivity index (χ1v) is 8.61. The number of rotatable bonds is 4.